The van der Waals surface area contributed by atoms with Gasteiger partial charge in [-0.3, -0.25) is 0 Å². The van der Waals surface area contributed by atoms with Crippen molar-refractivity contribution in [2.24, 2.45) is 0 Å². The van der Waals surface area contributed by atoms with Gasteiger partial charge in [-0.2, -0.15) is 0 Å². The van der Waals surface area contributed by atoms with E-state index in [0.29, 0.717) is 18.2 Å². The van der Waals surface area contributed by atoms with Gasteiger partial charge in [0.2, 0.25) is 0 Å². The van der Waals surface area contributed by atoms with Gasteiger partial charge in [0.05, 0.1) is 17.3 Å². The molecule has 0 spiro atoms. The van der Waals surface area contributed by atoms with Gasteiger partial charge in [0, 0.05) is 24.1 Å². The SMILES string of the molecule is CCOC1CC(NC(C)c2cscn2)C1. The summed E-state index contributed by atoms with van der Waals surface area (Å²) >= 11 is 1.65. The third-order valence-electron chi connectivity index (χ3n) is 2.88. The number of thiazole rings is 1. The minimum atomic E-state index is 0.365. The van der Waals surface area contributed by atoms with Crippen LogP contribution in [0, 0.1) is 0 Å². The maximum atomic E-state index is 5.53. The molecule has 0 aromatic carbocycles. The fourth-order valence-electron chi connectivity index (χ4n) is 1.95. The first-order valence-corrected chi connectivity index (χ1v) is 6.49. The second kappa shape index (κ2) is 5.05. The van der Waals surface area contributed by atoms with E-state index in [-0.39, 0.29) is 0 Å². The Morgan fingerprint density at radius 1 is 1.67 bits per heavy atom. The molecule has 1 aliphatic rings. The monoisotopic (exact) mass is 226 g/mol. The van der Waals surface area contributed by atoms with Gasteiger partial charge in [-0.25, -0.2) is 4.98 Å². The van der Waals surface area contributed by atoms with Crippen LogP contribution in [-0.4, -0.2) is 23.7 Å². The molecule has 0 saturated heterocycles. The molecule has 2 rings (SSSR count). The first-order valence-electron chi connectivity index (χ1n) is 5.55. The molecule has 3 nitrogen and oxygen atoms in total. The zero-order valence-corrected chi connectivity index (χ0v) is 10.1. The Bertz CT molecular complexity index is 283. The number of ether oxygens (including phenoxy) is 1. The molecule has 15 heavy (non-hydrogen) atoms. The quantitative estimate of drug-likeness (QED) is 0.837. The number of nitrogens with one attached hydrogen (secondary N) is 1. The Labute approximate surface area is 94.9 Å². The summed E-state index contributed by atoms with van der Waals surface area (Å²) < 4.78 is 5.53. The zero-order valence-electron chi connectivity index (χ0n) is 9.27. The van der Waals surface area contributed by atoms with Crippen molar-refractivity contribution in [1.82, 2.24) is 10.3 Å². The lowest BCUT2D eigenvalue weighted by Gasteiger charge is -2.37. The highest BCUT2D eigenvalue weighted by atomic mass is 32.1. The minimum absolute atomic E-state index is 0.365. The average molecular weight is 226 g/mol. The van der Waals surface area contributed by atoms with Gasteiger partial charge in [0.25, 0.3) is 0 Å². The molecule has 0 amide bonds. The topological polar surface area (TPSA) is 34.1 Å². The summed E-state index contributed by atoms with van der Waals surface area (Å²) in [5.41, 5.74) is 3.04. The molecule has 84 valence electrons. The van der Waals surface area contributed by atoms with Crippen LogP contribution in [0.25, 0.3) is 0 Å². The molecule has 1 saturated carbocycles. The van der Waals surface area contributed by atoms with Crippen LogP contribution in [-0.2, 0) is 4.74 Å². The largest absolute Gasteiger partial charge is 0.378 e. The van der Waals surface area contributed by atoms with Gasteiger partial charge in [-0.15, -0.1) is 11.3 Å². The van der Waals surface area contributed by atoms with Crippen molar-refractivity contribution in [3.05, 3.63) is 16.6 Å². The van der Waals surface area contributed by atoms with Crippen molar-refractivity contribution in [3.63, 3.8) is 0 Å². The number of hydrogen-bond acceptors (Lipinski definition) is 4. The second-order valence-corrected chi connectivity index (χ2v) is 4.77. The first kappa shape index (κ1) is 11.0. The highest BCUT2D eigenvalue weighted by Gasteiger charge is 2.30. The highest BCUT2D eigenvalue weighted by Crippen LogP contribution is 2.26. The van der Waals surface area contributed by atoms with E-state index in [0.717, 1.165) is 25.1 Å². The summed E-state index contributed by atoms with van der Waals surface area (Å²) in [6.45, 7) is 5.06. The third kappa shape index (κ3) is 2.77. The van der Waals surface area contributed by atoms with Gasteiger partial charge in [0.1, 0.15) is 0 Å². The summed E-state index contributed by atoms with van der Waals surface area (Å²) in [4.78, 5) is 4.31. The number of rotatable bonds is 5. The van der Waals surface area contributed by atoms with E-state index in [1.54, 1.807) is 11.3 Å². The van der Waals surface area contributed by atoms with Crippen LogP contribution in [0.5, 0.6) is 0 Å². The van der Waals surface area contributed by atoms with Crippen LogP contribution < -0.4 is 5.32 Å². The van der Waals surface area contributed by atoms with E-state index in [9.17, 15) is 0 Å². The zero-order chi connectivity index (χ0) is 10.7. The second-order valence-electron chi connectivity index (χ2n) is 4.05. The molecule has 1 N–H and O–H groups in total. The van der Waals surface area contributed by atoms with Crippen molar-refractivity contribution in [2.45, 2.75) is 44.9 Å². The van der Waals surface area contributed by atoms with Gasteiger partial charge < -0.3 is 10.1 Å². The van der Waals surface area contributed by atoms with Gasteiger partial charge in [-0.05, 0) is 26.7 Å². The standard InChI is InChI=1S/C11H18N2OS/c1-3-14-10-4-9(5-10)13-8(2)11-6-15-7-12-11/h6-10,13H,3-5H2,1-2H3. The average Bonchev–Trinajstić information content (AvgIpc) is 2.67. The van der Waals surface area contributed by atoms with Crippen molar-refractivity contribution >= 4 is 11.3 Å². The molecule has 0 aliphatic heterocycles. The molecule has 4 heteroatoms. The summed E-state index contributed by atoms with van der Waals surface area (Å²) in [5, 5.41) is 5.68. The molecule has 1 unspecified atom stereocenters. The number of hydrogen-bond donors (Lipinski definition) is 1. The highest BCUT2D eigenvalue weighted by molar-refractivity contribution is 7.07. The molecule has 1 aromatic rings. The van der Waals surface area contributed by atoms with Crippen LogP contribution in [0.4, 0.5) is 0 Å². The predicted molar refractivity (Wildman–Crippen MR) is 62.1 cm³/mol. The first-order chi connectivity index (χ1) is 7.29. The molecule has 1 heterocycles. The van der Waals surface area contributed by atoms with Gasteiger partial charge >= 0.3 is 0 Å². The summed E-state index contributed by atoms with van der Waals surface area (Å²) in [7, 11) is 0. The van der Waals surface area contributed by atoms with E-state index < -0.39 is 0 Å². The molecular formula is C11H18N2OS. The molecule has 1 fully saturated rings. The van der Waals surface area contributed by atoms with E-state index >= 15 is 0 Å². The Balaban J connectivity index is 1.71. The summed E-state index contributed by atoms with van der Waals surface area (Å²) in [5.74, 6) is 0. The van der Waals surface area contributed by atoms with E-state index in [1.165, 1.54) is 0 Å². The van der Waals surface area contributed by atoms with E-state index in [4.69, 9.17) is 4.74 Å². The maximum Gasteiger partial charge on any atom is 0.0795 e. The Morgan fingerprint density at radius 3 is 3.07 bits per heavy atom. The third-order valence-corrected chi connectivity index (χ3v) is 3.48. The van der Waals surface area contributed by atoms with Crippen molar-refractivity contribution in [2.75, 3.05) is 6.61 Å². The minimum Gasteiger partial charge on any atom is -0.378 e. The maximum absolute atomic E-state index is 5.53. The van der Waals surface area contributed by atoms with Crippen molar-refractivity contribution < 1.29 is 4.74 Å². The molecular weight excluding hydrogens is 208 g/mol. The Morgan fingerprint density at radius 2 is 2.47 bits per heavy atom. The van der Waals surface area contributed by atoms with Gasteiger partial charge in [0.15, 0.2) is 0 Å². The molecule has 0 radical (unpaired) electrons. The molecule has 1 atom stereocenters. The molecule has 0 bridgehead atoms. The van der Waals surface area contributed by atoms with Crippen molar-refractivity contribution in [3.8, 4) is 0 Å². The number of nitrogens with zero attached hydrogens (tertiary/aromatic N) is 1. The van der Waals surface area contributed by atoms with Crippen LogP contribution in [0.15, 0.2) is 10.9 Å². The van der Waals surface area contributed by atoms with Crippen LogP contribution in [0.2, 0.25) is 0 Å². The van der Waals surface area contributed by atoms with Crippen LogP contribution in [0.3, 0.4) is 0 Å². The Hall–Kier alpha value is -0.450. The lowest BCUT2D eigenvalue weighted by Crippen LogP contribution is -2.46. The lowest BCUT2D eigenvalue weighted by atomic mass is 9.88. The summed E-state index contributed by atoms with van der Waals surface area (Å²) in [6.07, 6.45) is 2.76. The molecule has 1 aromatic heterocycles. The Kier molecular flexibility index (Phi) is 3.72. The van der Waals surface area contributed by atoms with Crippen LogP contribution in [0.1, 0.15) is 38.4 Å². The smallest absolute Gasteiger partial charge is 0.0795 e. The lowest BCUT2D eigenvalue weighted by molar-refractivity contribution is -0.0121. The van der Waals surface area contributed by atoms with Crippen molar-refractivity contribution in [1.29, 1.82) is 0 Å². The predicted octanol–water partition coefficient (Wildman–Crippen LogP) is 2.36. The number of aromatic nitrogens is 1. The van der Waals surface area contributed by atoms with Gasteiger partial charge in [-0.1, -0.05) is 0 Å². The summed E-state index contributed by atoms with van der Waals surface area (Å²) in [6, 6.07) is 0.974. The van der Waals surface area contributed by atoms with E-state index in [1.807, 2.05) is 5.51 Å². The van der Waals surface area contributed by atoms with E-state index in [2.05, 4.69) is 29.5 Å². The molecule has 1 aliphatic carbocycles. The fraction of sp³-hybridized carbons (Fsp3) is 0.727. The fourth-order valence-corrected chi connectivity index (χ4v) is 2.60. The van der Waals surface area contributed by atoms with Crippen LogP contribution >= 0.6 is 11.3 Å². The normalized spacial score (nSPS) is 27.3.